The lowest BCUT2D eigenvalue weighted by atomic mass is 10.1. The Kier molecular flexibility index (Phi) is 4.40. The average Bonchev–Trinajstić information content (AvgIpc) is 2.68. The van der Waals surface area contributed by atoms with Crippen LogP contribution in [-0.2, 0) is 9.59 Å². The van der Waals surface area contributed by atoms with E-state index >= 15 is 0 Å². The van der Waals surface area contributed by atoms with Gasteiger partial charge in [-0.25, -0.2) is 4.98 Å². The molecule has 0 spiro atoms. The van der Waals surface area contributed by atoms with Gasteiger partial charge in [0.1, 0.15) is 5.82 Å². The first kappa shape index (κ1) is 13.5. The van der Waals surface area contributed by atoms with Crippen LogP contribution in [0.1, 0.15) is 13.3 Å². The van der Waals surface area contributed by atoms with Crippen LogP contribution in [-0.4, -0.2) is 28.3 Å². The van der Waals surface area contributed by atoms with Gasteiger partial charge in [0.05, 0.1) is 0 Å². The number of amides is 1. The van der Waals surface area contributed by atoms with Crippen molar-refractivity contribution in [3.05, 3.63) is 22.8 Å². The summed E-state index contributed by atoms with van der Waals surface area (Å²) in [5.74, 6) is 1.68. The third kappa shape index (κ3) is 3.32. The average molecular weight is 329 g/mol. The summed E-state index contributed by atoms with van der Waals surface area (Å²) in [6.07, 6.45) is 2.17. The molecule has 1 unspecified atom stereocenters. The molecule has 2 rings (SSSR count). The van der Waals surface area contributed by atoms with E-state index in [1.807, 2.05) is 12.1 Å². The van der Waals surface area contributed by atoms with E-state index in [9.17, 15) is 9.59 Å². The lowest BCUT2D eigenvalue weighted by Gasteiger charge is -2.15. The molecule has 0 N–H and O–H groups in total. The number of rotatable bonds is 3. The van der Waals surface area contributed by atoms with E-state index in [1.165, 1.54) is 11.8 Å². The van der Waals surface area contributed by atoms with E-state index in [1.54, 1.807) is 18.0 Å². The van der Waals surface area contributed by atoms with Crippen molar-refractivity contribution < 1.29 is 9.59 Å². The highest BCUT2D eigenvalue weighted by molar-refractivity contribution is 9.10. The predicted octanol–water partition coefficient (Wildman–Crippen LogP) is 2.48. The van der Waals surface area contributed by atoms with E-state index < -0.39 is 0 Å². The number of halogens is 1. The standard InChI is InChI=1S/C12H13BrN2O2S/c1-8(16)18-7-9-4-12(17)15(6-9)11-5-10(13)2-3-14-11/h2-3,5,9H,4,6-7H2,1H3. The molecular weight excluding hydrogens is 316 g/mol. The van der Waals surface area contributed by atoms with Crippen molar-refractivity contribution >= 4 is 44.5 Å². The quantitative estimate of drug-likeness (QED) is 0.855. The van der Waals surface area contributed by atoms with Gasteiger partial charge in [0.25, 0.3) is 0 Å². The topological polar surface area (TPSA) is 50.3 Å². The Morgan fingerprint density at radius 1 is 1.67 bits per heavy atom. The van der Waals surface area contributed by atoms with E-state index in [-0.39, 0.29) is 16.9 Å². The van der Waals surface area contributed by atoms with E-state index in [4.69, 9.17) is 0 Å². The van der Waals surface area contributed by atoms with Crippen molar-refractivity contribution in [2.75, 3.05) is 17.2 Å². The molecule has 6 heteroatoms. The van der Waals surface area contributed by atoms with Crippen LogP contribution in [0.4, 0.5) is 5.82 Å². The second kappa shape index (κ2) is 5.84. The molecular formula is C12H13BrN2O2S. The van der Waals surface area contributed by atoms with Crippen molar-refractivity contribution in [1.29, 1.82) is 0 Å². The van der Waals surface area contributed by atoms with Gasteiger partial charge in [-0.05, 0) is 18.1 Å². The molecule has 96 valence electrons. The van der Waals surface area contributed by atoms with Crippen LogP contribution in [0.15, 0.2) is 22.8 Å². The first-order chi connectivity index (χ1) is 8.56. The number of hydrogen-bond donors (Lipinski definition) is 0. The molecule has 0 aliphatic carbocycles. The second-order valence-corrected chi connectivity index (χ2v) is 6.32. The Hall–Kier alpha value is -0.880. The van der Waals surface area contributed by atoms with Crippen molar-refractivity contribution in [1.82, 2.24) is 4.98 Å². The zero-order valence-corrected chi connectivity index (χ0v) is 12.3. The van der Waals surface area contributed by atoms with Gasteiger partial charge in [0.15, 0.2) is 5.12 Å². The van der Waals surface area contributed by atoms with Crippen LogP contribution >= 0.6 is 27.7 Å². The van der Waals surface area contributed by atoms with Crippen LogP contribution < -0.4 is 4.90 Å². The van der Waals surface area contributed by atoms with Crippen LogP contribution in [0.5, 0.6) is 0 Å². The maximum absolute atomic E-state index is 11.9. The second-order valence-electron chi connectivity index (χ2n) is 4.21. The minimum absolute atomic E-state index is 0.0785. The fourth-order valence-corrected chi connectivity index (χ4v) is 2.91. The van der Waals surface area contributed by atoms with Crippen molar-refractivity contribution in [3.63, 3.8) is 0 Å². The number of carbonyl (C=O) groups is 2. The fourth-order valence-electron chi connectivity index (χ4n) is 1.89. The molecule has 1 fully saturated rings. The number of carbonyl (C=O) groups excluding carboxylic acids is 2. The maximum Gasteiger partial charge on any atom is 0.228 e. The molecule has 1 aromatic rings. The summed E-state index contributed by atoms with van der Waals surface area (Å²) in [6, 6.07) is 3.66. The van der Waals surface area contributed by atoms with Crippen LogP contribution in [0.25, 0.3) is 0 Å². The summed E-state index contributed by atoms with van der Waals surface area (Å²) < 4.78 is 0.905. The summed E-state index contributed by atoms with van der Waals surface area (Å²) in [7, 11) is 0. The molecule has 0 saturated carbocycles. The van der Waals surface area contributed by atoms with E-state index in [2.05, 4.69) is 20.9 Å². The lowest BCUT2D eigenvalue weighted by Crippen LogP contribution is -2.25. The minimum atomic E-state index is 0.0785. The van der Waals surface area contributed by atoms with Crippen molar-refractivity contribution in [2.45, 2.75) is 13.3 Å². The number of nitrogens with zero attached hydrogens (tertiary/aromatic N) is 2. The predicted molar refractivity (Wildman–Crippen MR) is 75.5 cm³/mol. The Morgan fingerprint density at radius 3 is 3.11 bits per heavy atom. The largest absolute Gasteiger partial charge is 0.296 e. The van der Waals surface area contributed by atoms with Gasteiger partial charge in [0, 0.05) is 36.3 Å². The van der Waals surface area contributed by atoms with Crippen LogP contribution in [0, 0.1) is 5.92 Å². The van der Waals surface area contributed by atoms with Gasteiger partial charge in [-0.2, -0.15) is 0 Å². The zero-order valence-electron chi connectivity index (χ0n) is 9.93. The number of hydrogen-bond acceptors (Lipinski definition) is 4. The fraction of sp³-hybridized carbons (Fsp3) is 0.417. The Balaban J connectivity index is 2.03. The summed E-state index contributed by atoms with van der Waals surface area (Å²) in [4.78, 5) is 28.7. The summed E-state index contributed by atoms with van der Waals surface area (Å²) in [5, 5.41) is 0.0986. The molecule has 1 atom stereocenters. The van der Waals surface area contributed by atoms with E-state index in [0.717, 1.165) is 4.47 Å². The molecule has 1 saturated heterocycles. The molecule has 0 bridgehead atoms. The van der Waals surface area contributed by atoms with Gasteiger partial charge in [-0.3, -0.25) is 14.5 Å². The third-order valence-corrected chi connectivity index (χ3v) is 4.25. The Labute approximate surface area is 118 Å². The van der Waals surface area contributed by atoms with Crippen molar-refractivity contribution in [3.8, 4) is 0 Å². The molecule has 18 heavy (non-hydrogen) atoms. The van der Waals surface area contributed by atoms with Gasteiger partial charge < -0.3 is 0 Å². The highest BCUT2D eigenvalue weighted by Crippen LogP contribution is 2.27. The molecule has 1 aliphatic rings. The van der Waals surface area contributed by atoms with Crippen molar-refractivity contribution in [2.24, 2.45) is 5.92 Å². The highest BCUT2D eigenvalue weighted by Gasteiger charge is 2.31. The molecule has 1 aromatic heterocycles. The van der Waals surface area contributed by atoms with E-state index in [0.29, 0.717) is 24.5 Å². The molecule has 0 radical (unpaired) electrons. The summed E-state index contributed by atoms with van der Waals surface area (Å²) in [5.41, 5.74) is 0. The number of aromatic nitrogens is 1. The normalized spacial score (nSPS) is 19.3. The van der Waals surface area contributed by atoms with Gasteiger partial charge >= 0.3 is 0 Å². The number of anilines is 1. The third-order valence-electron chi connectivity index (χ3n) is 2.71. The summed E-state index contributed by atoms with van der Waals surface area (Å²) >= 11 is 4.65. The molecule has 1 amide bonds. The lowest BCUT2D eigenvalue weighted by molar-refractivity contribution is -0.117. The summed E-state index contributed by atoms with van der Waals surface area (Å²) in [6.45, 7) is 2.19. The zero-order chi connectivity index (χ0) is 13.1. The highest BCUT2D eigenvalue weighted by atomic mass is 79.9. The first-order valence-corrected chi connectivity index (χ1v) is 7.39. The van der Waals surface area contributed by atoms with Crippen LogP contribution in [0.2, 0.25) is 0 Å². The van der Waals surface area contributed by atoms with Gasteiger partial charge in [-0.15, -0.1) is 0 Å². The molecule has 1 aliphatic heterocycles. The van der Waals surface area contributed by atoms with Crippen LogP contribution in [0.3, 0.4) is 0 Å². The monoisotopic (exact) mass is 328 g/mol. The maximum atomic E-state index is 11.9. The Bertz CT molecular complexity index is 481. The smallest absolute Gasteiger partial charge is 0.228 e. The van der Waals surface area contributed by atoms with Gasteiger partial charge in [0.2, 0.25) is 5.91 Å². The molecule has 0 aromatic carbocycles. The minimum Gasteiger partial charge on any atom is -0.296 e. The number of pyridine rings is 1. The molecule has 4 nitrogen and oxygen atoms in total. The van der Waals surface area contributed by atoms with Gasteiger partial charge in [-0.1, -0.05) is 27.7 Å². The Morgan fingerprint density at radius 2 is 2.44 bits per heavy atom. The SMILES string of the molecule is CC(=O)SCC1CC(=O)N(c2cc(Br)ccn2)C1. The molecule has 2 heterocycles. The number of thioether (sulfide) groups is 1. The first-order valence-electron chi connectivity index (χ1n) is 5.61.